The molecule has 94 valence electrons. The van der Waals surface area contributed by atoms with Gasteiger partial charge in [-0.25, -0.2) is 4.79 Å². The van der Waals surface area contributed by atoms with Gasteiger partial charge < -0.3 is 19.9 Å². The van der Waals surface area contributed by atoms with Crippen molar-refractivity contribution in [2.75, 3.05) is 6.54 Å². The van der Waals surface area contributed by atoms with Gasteiger partial charge in [-0.3, -0.25) is 4.79 Å². The number of furan rings is 1. The van der Waals surface area contributed by atoms with Crippen LogP contribution in [0.1, 0.15) is 23.0 Å². The second kappa shape index (κ2) is 4.89. The number of nitrogens with one attached hydrogen (secondary N) is 1. The summed E-state index contributed by atoms with van der Waals surface area (Å²) in [5, 5.41) is 20.3. The Hall–Kier alpha value is -1.34. The number of aliphatic carboxylic acids is 1. The number of aliphatic hydroxyl groups is 1. The van der Waals surface area contributed by atoms with Crippen molar-refractivity contribution < 1.29 is 24.2 Å². The molecule has 0 radical (unpaired) electrons. The van der Waals surface area contributed by atoms with Crippen LogP contribution in [0.15, 0.2) is 15.2 Å². The summed E-state index contributed by atoms with van der Waals surface area (Å²) in [5.41, 5.74) is -1.39. The molecule has 3 N–H and O–H groups in total. The second-order valence-electron chi connectivity index (χ2n) is 3.82. The number of hydrogen-bond donors (Lipinski definition) is 3. The smallest absolute Gasteiger partial charge is 0.337 e. The number of hydrogen-bond acceptors (Lipinski definition) is 4. The summed E-state index contributed by atoms with van der Waals surface area (Å²) in [5.74, 6) is -1.90. The van der Waals surface area contributed by atoms with Gasteiger partial charge in [0.25, 0.3) is 5.91 Å². The fourth-order valence-corrected chi connectivity index (χ4v) is 1.58. The Morgan fingerprint density at radius 1 is 1.59 bits per heavy atom. The number of halogens is 1. The molecule has 1 aromatic rings. The van der Waals surface area contributed by atoms with Crippen molar-refractivity contribution in [3.8, 4) is 0 Å². The third kappa shape index (κ3) is 3.31. The molecule has 0 saturated carbocycles. The van der Waals surface area contributed by atoms with Crippen molar-refractivity contribution in [1.82, 2.24) is 5.32 Å². The predicted molar refractivity (Wildman–Crippen MR) is 61.7 cm³/mol. The molecule has 1 rings (SSSR count). The maximum Gasteiger partial charge on any atom is 0.337 e. The lowest BCUT2D eigenvalue weighted by atomic mass is 10.1. The molecule has 1 unspecified atom stereocenters. The van der Waals surface area contributed by atoms with E-state index in [1.165, 1.54) is 0 Å². The SMILES string of the molecule is Cc1cc(Br)oc1C(=O)NCC(C)(O)C(=O)O. The number of carbonyl (C=O) groups is 2. The zero-order valence-electron chi connectivity index (χ0n) is 9.28. The molecule has 1 heterocycles. The average molecular weight is 306 g/mol. The molecule has 6 nitrogen and oxygen atoms in total. The predicted octanol–water partition coefficient (Wildman–Crippen LogP) is 0.916. The maximum atomic E-state index is 11.6. The van der Waals surface area contributed by atoms with Gasteiger partial charge in [-0.1, -0.05) is 0 Å². The van der Waals surface area contributed by atoms with Crippen LogP contribution in [0.2, 0.25) is 0 Å². The van der Waals surface area contributed by atoms with Crippen LogP contribution in [0.4, 0.5) is 0 Å². The Balaban J connectivity index is 2.68. The van der Waals surface area contributed by atoms with Crippen molar-refractivity contribution in [3.63, 3.8) is 0 Å². The molecule has 7 heteroatoms. The van der Waals surface area contributed by atoms with Crippen molar-refractivity contribution in [2.45, 2.75) is 19.4 Å². The highest BCUT2D eigenvalue weighted by atomic mass is 79.9. The third-order valence-corrected chi connectivity index (χ3v) is 2.54. The lowest BCUT2D eigenvalue weighted by Gasteiger charge is -2.17. The molecule has 1 aromatic heterocycles. The van der Waals surface area contributed by atoms with Gasteiger partial charge in [0.2, 0.25) is 0 Å². The van der Waals surface area contributed by atoms with E-state index in [1.54, 1.807) is 13.0 Å². The maximum absolute atomic E-state index is 11.6. The zero-order valence-corrected chi connectivity index (χ0v) is 10.9. The van der Waals surface area contributed by atoms with Crippen LogP contribution in [0.3, 0.4) is 0 Å². The lowest BCUT2D eigenvalue weighted by Crippen LogP contribution is -2.46. The van der Waals surface area contributed by atoms with Crippen molar-refractivity contribution >= 4 is 27.8 Å². The summed E-state index contributed by atoms with van der Waals surface area (Å²) in [6.45, 7) is 2.37. The van der Waals surface area contributed by atoms with E-state index in [2.05, 4.69) is 21.2 Å². The summed E-state index contributed by atoms with van der Waals surface area (Å²) in [4.78, 5) is 22.2. The van der Waals surface area contributed by atoms with Gasteiger partial charge in [0.05, 0.1) is 6.54 Å². The highest BCUT2D eigenvalue weighted by Crippen LogP contribution is 2.19. The number of carboxylic acid groups (broad SMARTS) is 1. The molecule has 0 saturated heterocycles. The van der Waals surface area contributed by atoms with Crippen LogP contribution in [0.25, 0.3) is 0 Å². The number of aryl methyl sites for hydroxylation is 1. The van der Waals surface area contributed by atoms with Gasteiger partial charge >= 0.3 is 5.97 Å². The largest absolute Gasteiger partial charge is 0.479 e. The summed E-state index contributed by atoms with van der Waals surface area (Å²) >= 11 is 3.07. The van der Waals surface area contributed by atoms with E-state index in [-0.39, 0.29) is 5.76 Å². The molecular weight excluding hydrogens is 294 g/mol. The Morgan fingerprint density at radius 2 is 2.18 bits per heavy atom. The first-order valence-corrected chi connectivity index (χ1v) is 5.53. The van der Waals surface area contributed by atoms with Crippen LogP contribution < -0.4 is 5.32 Å². The van der Waals surface area contributed by atoms with Gasteiger partial charge in [0, 0.05) is 5.56 Å². The fraction of sp³-hybridized carbons (Fsp3) is 0.400. The first kappa shape index (κ1) is 13.7. The molecule has 1 amide bonds. The molecule has 0 aromatic carbocycles. The van der Waals surface area contributed by atoms with Gasteiger partial charge in [-0.15, -0.1) is 0 Å². The van der Waals surface area contributed by atoms with E-state index < -0.39 is 24.0 Å². The van der Waals surface area contributed by atoms with Crippen LogP contribution >= 0.6 is 15.9 Å². The van der Waals surface area contributed by atoms with Gasteiger partial charge in [-0.2, -0.15) is 0 Å². The van der Waals surface area contributed by atoms with Gasteiger partial charge in [-0.05, 0) is 35.8 Å². The average Bonchev–Trinajstić information content (AvgIpc) is 2.54. The van der Waals surface area contributed by atoms with Gasteiger partial charge in [0.1, 0.15) is 0 Å². The van der Waals surface area contributed by atoms with E-state index >= 15 is 0 Å². The van der Waals surface area contributed by atoms with E-state index in [1.807, 2.05) is 0 Å². The highest BCUT2D eigenvalue weighted by molar-refractivity contribution is 9.10. The van der Waals surface area contributed by atoms with Crippen LogP contribution in [0.5, 0.6) is 0 Å². The molecular formula is C10H12BrNO5. The Bertz CT molecular complexity index is 452. The molecule has 0 aliphatic heterocycles. The molecule has 0 aliphatic rings. The number of amides is 1. The van der Waals surface area contributed by atoms with E-state index in [9.17, 15) is 14.7 Å². The first-order chi connectivity index (χ1) is 7.74. The van der Waals surface area contributed by atoms with E-state index in [0.717, 1.165) is 6.92 Å². The number of rotatable bonds is 4. The Labute approximate surface area is 106 Å². The van der Waals surface area contributed by atoms with Crippen molar-refractivity contribution in [3.05, 3.63) is 22.1 Å². The monoisotopic (exact) mass is 305 g/mol. The lowest BCUT2D eigenvalue weighted by molar-refractivity contribution is -0.155. The molecule has 0 spiro atoms. The highest BCUT2D eigenvalue weighted by Gasteiger charge is 2.31. The van der Waals surface area contributed by atoms with Crippen molar-refractivity contribution in [1.29, 1.82) is 0 Å². The zero-order chi connectivity index (χ0) is 13.2. The summed E-state index contributed by atoms with van der Waals surface area (Å²) in [6.07, 6.45) is 0. The molecule has 17 heavy (non-hydrogen) atoms. The number of carboxylic acids is 1. The van der Waals surface area contributed by atoms with Crippen LogP contribution in [-0.4, -0.2) is 34.2 Å². The molecule has 0 fully saturated rings. The van der Waals surface area contributed by atoms with E-state index in [4.69, 9.17) is 9.52 Å². The summed E-state index contributed by atoms with van der Waals surface area (Å²) < 4.78 is 5.48. The van der Waals surface area contributed by atoms with Crippen LogP contribution in [0, 0.1) is 6.92 Å². The Kier molecular flexibility index (Phi) is 3.94. The standard InChI is InChI=1S/C10H12BrNO5/c1-5-3-6(11)17-7(5)8(13)12-4-10(2,16)9(14)15/h3,16H,4H2,1-2H3,(H,12,13)(H,14,15). The minimum Gasteiger partial charge on any atom is -0.479 e. The minimum absolute atomic E-state index is 0.0815. The second-order valence-corrected chi connectivity index (χ2v) is 4.61. The van der Waals surface area contributed by atoms with E-state index in [0.29, 0.717) is 10.2 Å². The number of carbonyl (C=O) groups excluding carboxylic acids is 1. The van der Waals surface area contributed by atoms with Gasteiger partial charge in [0.15, 0.2) is 16.0 Å². The normalized spacial score (nSPS) is 14.1. The third-order valence-electron chi connectivity index (χ3n) is 2.15. The summed E-state index contributed by atoms with van der Waals surface area (Å²) in [6, 6.07) is 1.62. The first-order valence-electron chi connectivity index (χ1n) is 4.74. The van der Waals surface area contributed by atoms with Crippen molar-refractivity contribution in [2.24, 2.45) is 0 Å². The van der Waals surface area contributed by atoms with Crippen LogP contribution in [-0.2, 0) is 4.79 Å². The Morgan fingerprint density at radius 3 is 2.59 bits per heavy atom. The topological polar surface area (TPSA) is 99.8 Å². The fourth-order valence-electron chi connectivity index (χ4n) is 1.08. The quantitative estimate of drug-likeness (QED) is 0.768. The molecule has 1 atom stereocenters. The molecule has 0 aliphatic carbocycles. The molecule has 0 bridgehead atoms. The minimum atomic E-state index is -2.01. The summed E-state index contributed by atoms with van der Waals surface area (Å²) in [7, 11) is 0.